The van der Waals surface area contributed by atoms with E-state index in [0.29, 0.717) is 31.3 Å². The number of hydrogen-bond acceptors (Lipinski definition) is 6. The Morgan fingerprint density at radius 1 is 1.19 bits per heavy atom. The number of methoxy groups -OCH3 is 1. The number of aromatic nitrogens is 3. The summed E-state index contributed by atoms with van der Waals surface area (Å²) >= 11 is 0. The Morgan fingerprint density at radius 3 is 2.50 bits per heavy atom. The van der Waals surface area contributed by atoms with Crippen molar-refractivity contribution in [3.05, 3.63) is 82.1 Å². The molecule has 0 spiro atoms. The van der Waals surface area contributed by atoms with Crippen molar-refractivity contribution in [1.82, 2.24) is 14.3 Å². The maximum atomic E-state index is 12.9. The third-order valence-corrected chi connectivity index (χ3v) is 5.53. The minimum Gasteiger partial charge on any atom is -0.483 e. The molecule has 0 saturated heterocycles. The quantitative estimate of drug-likeness (QED) is 0.281. The summed E-state index contributed by atoms with van der Waals surface area (Å²) in [5.74, 6) is 1.21. The highest BCUT2D eigenvalue weighted by Gasteiger charge is 2.30. The van der Waals surface area contributed by atoms with Gasteiger partial charge in [-0.25, -0.2) is 9.48 Å². The van der Waals surface area contributed by atoms with Crippen LogP contribution in [-0.4, -0.2) is 38.5 Å². The lowest BCUT2D eigenvalue weighted by atomic mass is 10.1. The maximum absolute atomic E-state index is 12.9. The van der Waals surface area contributed by atoms with Crippen molar-refractivity contribution in [3.63, 3.8) is 0 Å². The molecule has 1 N–H and O–H groups in total. The predicted octanol–water partition coefficient (Wildman–Crippen LogP) is 4.76. The predicted molar refractivity (Wildman–Crippen MR) is 142 cm³/mol. The Labute approximate surface area is 214 Å². The molecule has 1 aromatic heterocycles. The number of ether oxygens (including phenoxy) is 3. The molecule has 0 aliphatic carbocycles. The summed E-state index contributed by atoms with van der Waals surface area (Å²) in [4.78, 5) is 12.9. The number of benzene rings is 1. The molecular weight excluding hydrogens is 458 g/mol. The number of hydrogen-bond donors (Lipinski definition) is 1. The lowest BCUT2D eigenvalue weighted by molar-refractivity contribution is -0.173. The Hall–Kier alpha value is -2.94. The average molecular weight is 500 g/mol. The Balaban J connectivity index is 2.01. The average Bonchev–Trinajstić information content (AvgIpc) is 3.12. The first-order valence-electron chi connectivity index (χ1n) is 12.4. The van der Waals surface area contributed by atoms with Crippen molar-refractivity contribution in [1.29, 1.82) is 0 Å². The minimum atomic E-state index is -1.05. The summed E-state index contributed by atoms with van der Waals surface area (Å²) in [6.45, 7) is 15.2. The first-order chi connectivity index (χ1) is 17.1. The maximum Gasteiger partial charge on any atom is 0.346 e. The first kappa shape index (κ1) is 29.3. The standard InChI is InChI=1S/C28H41N3O5/c1-8-10-21(3)11-12-22(4)18-31-27(33)30(17-9-2)25(29-31)20-35-19-23-13-15-24(16-14-23)36-28(5,6)26(32)34-7/h10-16,26,32H,4,8-9,17-20H2,1-3,5-7H3/b12-11-,21-10-. The third kappa shape index (κ3) is 8.62. The van der Waals surface area contributed by atoms with E-state index in [4.69, 9.17) is 14.2 Å². The van der Waals surface area contributed by atoms with E-state index in [9.17, 15) is 9.90 Å². The van der Waals surface area contributed by atoms with E-state index in [2.05, 4.69) is 24.7 Å². The molecule has 2 rings (SSSR count). The van der Waals surface area contributed by atoms with Crippen LogP contribution < -0.4 is 10.4 Å². The molecule has 8 nitrogen and oxygen atoms in total. The lowest BCUT2D eigenvalue weighted by Crippen LogP contribution is -2.43. The van der Waals surface area contributed by atoms with Crippen LogP contribution in [0.2, 0.25) is 0 Å². The van der Waals surface area contributed by atoms with E-state index < -0.39 is 11.9 Å². The van der Waals surface area contributed by atoms with Gasteiger partial charge in [-0.3, -0.25) is 4.57 Å². The number of aliphatic hydroxyl groups is 1. The number of rotatable bonds is 15. The fourth-order valence-electron chi connectivity index (χ4n) is 3.58. The summed E-state index contributed by atoms with van der Waals surface area (Å²) in [5, 5.41) is 14.4. The summed E-state index contributed by atoms with van der Waals surface area (Å²) in [6.07, 6.45) is 6.80. The molecule has 0 bridgehead atoms. The van der Waals surface area contributed by atoms with Crippen LogP contribution >= 0.6 is 0 Å². The molecule has 2 aromatic rings. The second kappa shape index (κ2) is 14.0. The summed E-state index contributed by atoms with van der Waals surface area (Å²) in [5.41, 5.74) is 1.87. The molecular formula is C28H41N3O5. The second-order valence-electron chi connectivity index (χ2n) is 9.29. The highest BCUT2D eigenvalue weighted by atomic mass is 16.6. The van der Waals surface area contributed by atoms with E-state index in [1.165, 1.54) is 11.8 Å². The van der Waals surface area contributed by atoms with Crippen LogP contribution in [0.3, 0.4) is 0 Å². The number of aliphatic hydroxyl groups excluding tert-OH is 1. The SMILES string of the molecule is C=C(/C=C\C(C)=C/CC)Cn1nc(COCc2ccc(OC(C)(C)C(O)OC)cc2)n(CCC)c1=O. The van der Waals surface area contributed by atoms with Crippen molar-refractivity contribution >= 4 is 0 Å². The largest absolute Gasteiger partial charge is 0.483 e. The fraction of sp³-hybridized carbons (Fsp3) is 0.500. The van der Waals surface area contributed by atoms with Gasteiger partial charge in [0.1, 0.15) is 12.4 Å². The highest BCUT2D eigenvalue weighted by Crippen LogP contribution is 2.22. The van der Waals surface area contributed by atoms with Crippen LogP contribution in [0, 0.1) is 0 Å². The number of allylic oxidation sites excluding steroid dienone is 5. The van der Waals surface area contributed by atoms with Crippen LogP contribution in [0.25, 0.3) is 0 Å². The Kier molecular flexibility index (Phi) is 11.4. The van der Waals surface area contributed by atoms with Gasteiger partial charge in [0.2, 0.25) is 0 Å². The van der Waals surface area contributed by atoms with E-state index in [-0.39, 0.29) is 12.3 Å². The van der Waals surface area contributed by atoms with Gasteiger partial charge in [-0.1, -0.05) is 56.4 Å². The van der Waals surface area contributed by atoms with E-state index in [0.717, 1.165) is 29.6 Å². The molecule has 1 heterocycles. The first-order valence-corrected chi connectivity index (χ1v) is 12.4. The topological polar surface area (TPSA) is 87.7 Å². The van der Waals surface area contributed by atoms with Gasteiger partial charge in [-0.05, 0) is 56.9 Å². The molecule has 0 radical (unpaired) electrons. The molecule has 0 aliphatic heterocycles. The summed E-state index contributed by atoms with van der Waals surface area (Å²) in [6, 6.07) is 7.43. The van der Waals surface area contributed by atoms with Gasteiger partial charge in [0, 0.05) is 13.7 Å². The van der Waals surface area contributed by atoms with Crippen LogP contribution in [0.4, 0.5) is 0 Å². The van der Waals surface area contributed by atoms with Gasteiger partial charge >= 0.3 is 5.69 Å². The van der Waals surface area contributed by atoms with E-state index in [1.54, 1.807) is 18.4 Å². The van der Waals surface area contributed by atoms with E-state index >= 15 is 0 Å². The summed E-state index contributed by atoms with van der Waals surface area (Å²) in [7, 11) is 1.43. The zero-order valence-corrected chi connectivity index (χ0v) is 22.5. The Bertz CT molecular complexity index is 1090. The molecule has 1 atom stereocenters. The third-order valence-electron chi connectivity index (χ3n) is 5.53. The van der Waals surface area contributed by atoms with Crippen molar-refractivity contribution < 1.29 is 19.3 Å². The molecule has 36 heavy (non-hydrogen) atoms. The van der Waals surface area contributed by atoms with Gasteiger partial charge in [0.05, 0.1) is 13.2 Å². The Morgan fingerprint density at radius 2 is 1.89 bits per heavy atom. The van der Waals surface area contributed by atoms with E-state index in [1.807, 2.05) is 50.3 Å². The molecule has 0 fully saturated rings. The highest BCUT2D eigenvalue weighted by molar-refractivity contribution is 5.27. The van der Waals surface area contributed by atoms with Gasteiger partial charge in [-0.15, -0.1) is 0 Å². The van der Waals surface area contributed by atoms with Gasteiger partial charge in [0.15, 0.2) is 17.7 Å². The van der Waals surface area contributed by atoms with Crippen LogP contribution in [0.5, 0.6) is 5.75 Å². The van der Waals surface area contributed by atoms with Crippen molar-refractivity contribution in [2.75, 3.05) is 7.11 Å². The molecule has 1 aromatic carbocycles. The van der Waals surface area contributed by atoms with Gasteiger partial charge in [-0.2, -0.15) is 5.10 Å². The molecule has 0 aliphatic rings. The normalized spacial score (nSPS) is 13.4. The molecule has 8 heteroatoms. The van der Waals surface area contributed by atoms with Crippen molar-refractivity contribution in [2.24, 2.45) is 0 Å². The smallest absolute Gasteiger partial charge is 0.346 e. The summed E-state index contributed by atoms with van der Waals surface area (Å²) < 4.78 is 19.8. The molecule has 198 valence electrons. The minimum absolute atomic E-state index is 0.159. The zero-order chi connectivity index (χ0) is 26.7. The zero-order valence-electron chi connectivity index (χ0n) is 22.5. The van der Waals surface area contributed by atoms with Gasteiger partial charge in [0.25, 0.3) is 0 Å². The lowest BCUT2D eigenvalue weighted by Gasteiger charge is -2.30. The van der Waals surface area contributed by atoms with Crippen LogP contribution in [0.1, 0.15) is 58.8 Å². The monoisotopic (exact) mass is 499 g/mol. The van der Waals surface area contributed by atoms with Crippen LogP contribution in [0.15, 0.2) is 65.0 Å². The van der Waals surface area contributed by atoms with Gasteiger partial charge < -0.3 is 19.3 Å². The second-order valence-corrected chi connectivity index (χ2v) is 9.29. The van der Waals surface area contributed by atoms with Crippen molar-refractivity contribution in [3.8, 4) is 5.75 Å². The number of nitrogens with zero attached hydrogens (tertiary/aromatic N) is 3. The molecule has 1 unspecified atom stereocenters. The molecule has 0 saturated carbocycles. The van der Waals surface area contributed by atoms with Crippen LogP contribution in [-0.2, 0) is 35.8 Å². The fourth-order valence-corrected chi connectivity index (χ4v) is 3.58. The molecule has 0 amide bonds. The van der Waals surface area contributed by atoms with Crippen molar-refractivity contribution in [2.45, 2.75) is 85.7 Å².